The highest BCUT2D eigenvalue weighted by atomic mass is 35.5. The van der Waals surface area contributed by atoms with E-state index in [1.165, 1.54) is 37.3 Å². The van der Waals surface area contributed by atoms with E-state index in [9.17, 15) is 22.0 Å². The molecular formula is C16H15ClF2N2O3S. The fourth-order valence-corrected chi connectivity index (χ4v) is 3.58. The molecule has 0 saturated heterocycles. The third-order valence-electron chi connectivity index (χ3n) is 3.20. The Balaban J connectivity index is 2.00. The van der Waals surface area contributed by atoms with Gasteiger partial charge in [-0.2, -0.15) is 0 Å². The van der Waals surface area contributed by atoms with E-state index in [0.29, 0.717) is 0 Å². The number of rotatable bonds is 6. The maximum atomic E-state index is 13.1. The van der Waals surface area contributed by atoms with Crippen molar-refractivity contribution in [1.82, 2.24) is 0 Å². The Kier molecular flexibility index (Phi) is 5.97. The molecule has 0 aromatic heterocycles. The molecular weight excluding hydrogens is 374 g/mol. The van der Waals surface area contributed by atoms with E-state index >= 15 is 0 Å². The summed E-state index contributed by atoms with van der Waals surface area (Å²) in [7, 11) is -3.87. The molecule has 2 aromatic rings. The molecule has 9 heteroatoms. The van der Waals surface area contributed by atoms with Crippen LogP contribution in [0.2, 0.25) is 5.02 Å². The van der Waals surface area contributed by atoms with Gasteiger partial charge in [-0.1, -0.05) is 24.6 Å². The van der Waals surface area contributed by atoms with Crippen LogP contribution in [0.3, 0.4) is 0 Å². The Morgan fingerprint density at radius 3 is 2.52 bits per heavy atom. The van der Waals surface area contributed by atoms with Crippen molar-refractivity contribution in [2.45, 2.75) is 6.92 Å². The number of halogens is 3. The predicted octanol–water partition coefficient (Wildman–Crippen LogP) is 3.63. The van der Waals surface area contributed by atoms with Crippen molar-refractivity contribution in [2.75, 3.05) is 15.8 Å². The van der Waals surface area contributed by atoms with Gasteiger partial charge < -0.3 is 5.32 Å². The summed E-state index contributed by atoms with van der Waals surface area (Å²) in [6.07, 6.45) is 0. The summed E-state index contributed by atoms with van der Waals surface area (Å²) in [6, 6.07) is 8.59. The van der Waals surface area contributed by atoms with Crippen molar-refractivity contribution in [3.63, 3.8) is 0 Å². The zero-order valence-electron chi connectivity index (χ0n) is 13.1. The molecule has 1 unspecified atom stereocenters. The molecule has 0 aliphatic heterocycles. The van der Waals surface area contributed by atoms with Crippen molar-refractivity contribution in [3.8, 4) is 0 Å². The zero-order valence-corrected chi connectivity index (χ0v) is 14.7. The molecule has 0 aliphatic rings. The normalized spacial score (nSPS) is 12.5. The number of benzene rings is 2. The van der Waals surface area contributed by atoms with E-state index in [1.807, 2.05) is 0 Å². The second-order valence-corrected chi connectivity index (χ2v) is 7.59. The molecule has 1 atom stereocenters. The van der Waals surface area contributed by atoms with Crippen molar-refractivity contribution in [3.05, 3.63) is 59.1 Å². The number of sulfonamides is 1. The Morgan fingerprint density at radius 2 is 1.88 bits per heavy atom. The summed E-state index contributed by atoms with van der Waals surface area (Å²) in [5.41, 5.74) is 0.316. The lowest BCUT2D eigenvalue weighted by Gasteiger charge is -2.14. The first kappa shape index (κ1) is 19.1. The van der Waals surface area contributed by atoms with E-state index in [-0.39, 0.29) is 16.4 Å². The van der Waals surface area contributed by atoms with Gasteiger partial charge in [-0.25, -0.2) is 17.2 Å². The molecule has 25 heavy (non-hydrogen) atoms. The Morgan fingerprint density at radius 1 is 1.16 bits per heavy atom. The van der Waals surface area contributed by atoms with Gasteiger partial charge in [-0.15, -0.1) is 0 Å². The number of hydrogen-bond donors (Lipinski definition) is 2. The molecule has 2 N–H and O–H groups in total. The lowest BCUT2D eigenvalue weighted by Crippen LogP contribution is -2.29. The number of carbonyl (C=O) groups excluding carboxylic acids is 1. The topological polar surface area (TPSA) is 75.3 Å². The Bertz CT molecular complexity index is 891. The minimum absolute atomic E-state index is 0.0675. The van der Waals surface area contributed by atoms with E-state index in [1.54, 1.807) is 0 Å². The first-order chi connectivity index (χ1) is 11.7. The van der Waals surface area contributed by atoms with Crippen LogP contribution in [0.15, 0.2) is 42.5 Å². The third-order valence-corrected chi connectivity index (χ3v) is 4.98. The van der Waals surface area contributed by atoms with Crippen LogP contribution in [-0.2, 0) is 14.8 Å². The maximum absolute atomic E-state index is 13.1. The highest BCUT2D eigenvalue weighted by molar-refractivity contribution is 7.92. The second-order valence-electron chi connectivity index (χ2n) is 5.41. The lowest BCUT2D eigenvalue weighted by molar-refractivity contribution is -0.118. The summed E-state index contributed by atoms with van der Waals surface area (Å²) in [5, 5.41) is 2.30. The van der Waals surface area contributed by atoms with Crippen LogP contribution >= 0.6 is 11.6 Å². The van der Waals surface area contributed by atoms with E-state index in [4.69, 9.17) is 11.6 Å². The smallest absolute Gasteiger partial charge is 0.233 e. The maximum Gasteiger partial charge on any atom is 0.233 e. The molecule has 2 aromatic carbocycles. The monoisotopic (exact) mass is 388 g/mol. The number of anilines is 2. The van der Waals surface area contributed by atoms with Crippen LogP contribution < -0.4 is 10.0 Å². The highest BCUT2D eigenvalue weighted by Gasteiger charge is 2.22. The summed E-state index contributed by atoms with van der Waals surface area (Å²) in [4.78, 5) is 12.1. The van der Waals surface area contributed by atoms with Crippen LogP contribution in [0.5, 0.6) is 0 Å². The zero-order chi connectivity index (χ0) is 18.6. The molecule has 0 heterocycles. The number of amides is 1. The fraction of sp³-hybridized carbons (Fsp3) is 0.188. The molecule has 134 valence electrons. The number of carbonyl (C=O) groups is 1. The second kappa shape index (κ2) is 7.79. The SMILES string of the molecule is CC(CS(=O)(=O)Nc1cccc(F)c1)C(=O)Nc1ccc(F)c(Cl)c1. The molecule has 0 radical (unpaired) electrons. The predicted molar refractivity (Wildman–Crippen MR) is 93.0 cm³/mol. The summed E-state index contributed by atoms with van der Waals surface area (Å²) < 4.78 is 52.6. The molecule has 0 aliphatic carbocycles. The minimum atomic E-state index is -3.87. The van der Waals surface area contributed by atoms with Crippen molar-refractivity contribution in [1.29, 1.82) is 0 Å². The molecule has 2 rings (SSSR count). The van der Waals surface area contributed by atoms with Gasteiger partial charge in [0, 0.05) is 5.69 Å². The van der Waals surface area contributed by atoms with Crippen molar-refractivity contribution >= 4 is 38.9 Å². The van der Waals surface area contributed by atoms with Gasteiger partial charge in [-0.05, 0) is 36.4 Å². The van der Waals surface area contributed by atoms with Gasteiger partial charge in [0.05, 0.1) is 22.4 Å². The summed E-state index contributed by atoms with van der Waals surface area (Å²) in [6.45, 7) is 1.42. The van der Waals surface area contributed by atoms with Gasteiger partial charge in [-0.3, -0.25) is 9.52 Å². The van der Waals surface area contributed by atoms with Gasteiger partial charge in [0.2, 0.25) is 15.9 Å². The number of hydrogen-bond acceptors (Lipinski definition) is 3. The largest absolute Gasteiger partial charge is 0.326 e. The first-order valence-electron chi connectivity index (χ1n) is 7.18. The van der Waals surface area contributed by atoms with Crippen molar-refractivity contribution in [2.24, 2.45) is 5.92 Å². The Hall–Kier alpha value is -2.19. The third kappa shape index (κ3) is 5.68. The molecule has 0 saturated carbocycles. The molecule has 0 spiro atoms. The standard InChI is InChI=1S/C16H15ClF2N2O3S/c1-10(16(22)20-12-5-6-15(19)14(17)8-12)9-25(23,24)21-13-4-2-3-11(18)7-13/h2-8,10,21H,9H2,1H3,(H,20,22). The van der Waals surface area contributed by atoms with Gasteiger partial charge in [0.25, 0.3) is 0 Å². The van der Waals surface area contributed by atoms with Crippen molar-refractivity contribution < 1.29 is 22.0 Å². The van der Waals surface area contributed by atoms with E-state index in [0.717, 1.165) is 12.1 Å². The first-order valence-corrected chi connectivity index (χ1v) is 9.21. The van der Waals surface area contributed by atoms with E-state index < -0.39 is 39.2 Å². The molecule has 5 nitrogen and oxygen atoms in total. The van der Waals surface area contributed by atoms with E-state index in [2.05, 4.69) is 10.0 Å². The van der Waals surface area contributed by atoms with Crippen LogP contribution in [-0.4, -0.2) is 20.1 Å². The summed E-state index contributed by atoms with van der Waals surface area (Å²) in [5.74, 6) is -3.21. The molecule has 1 amide bonds. The van der Waals surface area contributed by atoms with Crippen LogP contribution in [0.1, 0.15) is 6.92 Å². The molecule has 0 bridgehead atoms. The van der Waals surface area contributed by atoms with Gasteiger partial charge in [0.15, 0.2) is 0 Å². The lowest BCUT2D eigenvalue weighted by atomic mass is 10.2. The average molecular weight is 389 g/mol. The van der Waals surface area contributed by atoms with Crippen LogP contribution in [0.25, 0.3) is 0 Å². The minimum Gasteiger partial charge on any atom is -0.326 e. The van der Waals surface area contributed by atoms with Crippen LogP contribution in [0.4, 0.5) is 20.2 Å². The van der Waals surface area contributed by atoms with Crippen LogP contribution in [0, 0.1) is 17.6 Å². The fourth-order valence-electron chi connectivity index (χ4n) is 2.02. The number of nitrogens with one attached hydrogen (secondary N) is 2. The highest BCUT2D eigenvalue weighted by Crippen LogP contribution is 2.20. The Labute approximate surface area is 149 Å². The summed E-state index contributed by atoms with van der Waals surface area (Å²) >= 11 is 5.62. The quantitative estimate of drug-likeness (QED) is 0.793. The van der Waals surface area contributed by atoms with Gasteiger partial charge >= 0.3 is 0 Å². The van der Waals surface area contributed by atoms with Gasteiger partial charge in [0.1, 0.15) is 11.6 Å². The molecule has 0 fully saturated rings. The average Bonchev–Trinajstić information content (AvgIpc) is 2.50.